The van der Waals surface area contributed by atoms with Gasteiger partial charge in [0.1, 0.15) is 0 Å². The van der Waals surface area contributed by atoms with Crippen LogP contribution in [0.5, 0.6) is 0 Å². The van der Waals surface area contributed by atoms with Crippen molar-refractivity contribution in [1.82, 2.24) is 0 Å². The van der Waals surface area contributed by atoms with Crippen molar-refractivity contribution in [2.24, 2.45) is 22.7 Å². The van der Waals surface area contributed by atoms with Crippen molar-refractivity contribution in [3.8, 4) is 0 Å². The van der Waals surface area contributed by atoms with Crippen molar-refractivity contribution in [2.45, 2.75) is 85.0 Å². The third-order valence-electron chi connectivity index (χ3n) is 8.84. The molecule has 1 fully saturated rings. The first-order valence-corrected chi connectivity index (χ1v) is 11.3. The number of allylic oxidation sites excluding steroid dienone is 2. The highest BCUT2D eigenvalue weighted by atomic mass is 16.6. The number of carbonyl (C=O) groups excluding carboxylic acids is 1. The van der Waals surface area contributed by atoms with Crippen molar-refractivity contribution in [3.05, 3.63) is 34.9 Å². The van der Waals surface area contributed by atoms with E-state index >= 15 is 0 Å². The van der Waals surface area contributed by atoms with Crippen LogP contribution in [0.4, 0.5) is 0 Å². The Hall–Kier alpha value is -1.39. The number of hydrogen-bond donors (Lipinski definition) is 1. The van der Waals surface area contributed by atoms with Crippen LogP contribution in [0.2, 0.25) is 0 Å². The molecule has 4 aliphatic rings. The largest absolute Gasteiger partial charge is 0.429 e. The van der Waals surface area contributed by atoms with Crippen molar-refractivity contribution >= 4 is 5.97 Å². The standard InChI is InChI=1S/C25H36O4/c1-16-6-5-7-21-24(16,3)12-10-17(2)25(21,4)13-11-18-8-9-20(28-15-18)19-14-22(26)29-23(19)27/h6,8,14,17,20-21,23,27H,5,7,9-13,15H2,1-4H3/t17-,20+,21-,23+,24-,25-/m0/s1. The Balaban J connectivity index is 1.42. The van der Waals surface area contributed by atoms with Gasteiger partial charge in [-0.2, -0.15) is 0 Å². The molecule has 0 aromatic heterocycles. The number of esters is 1. The van der Waals surface area contributed by atoms with E-state index in [1.807, 2.05) is 0 Å². The van der Waals surface area contributed by atoms with Crippen molar-refractivity contribution in [3.63, 3.8) is 0 Å². The number of fused-ring (bicyclic) bond motifs is 1. The normalized spacial score (nSPS) is 42.5. The fraction of sp³-hybridized carbons (Fsp3) is 0.720. The van der Waals surface area contributed by atoms with Gasteiger partial charge in [-0.15, -0.1) is 0 Å². The molecule has 0 aromatic carbocycles. The molecule has 0 radical (unpaired) electrons. The van der Waals surface area contributed by atoms with Gasteiger partial charge < -0.3 is 14.6 Å². The van der Waals surface area contributed by atoms with E-state index in [1.165, 1.54) is 43.8 Å². The molecule has 2 heterocycles. The van der Waals surface area contributed by atoms with E-state index in [4.69, 9.17) is 9.47 Å². The zero-order valence-electron chi connectivity index (χ0n) is 18.4. The lowest BCUT2D eigenvalue weighted by molar-refractivity contribution is -0.152. The second kappa shape index (κ2) is 7.70. The molecule has 2 aliphatic carbocycles. The summed E-state index contributed by atoms with van der Waals surface area (Å²) >= 11 is 0. The first kappa shape index (κ1) is 20.9. The lowest BCUT2D eigenvalue weighted by atomic mass is 9.47. The molecule has 1 saturated carbocycles. The van der Waals surface area contributed by atoms with E-state index < -0.39 is 12.3 Å². The summed E-state index contributed by atoms with van der Waals surface area (Å²) in [6.07, 6.45) is 12.8. The minimum atomic E-state index is -1.15. The Morgan fingerprint density at radius 1 is 1.24 bits per heavy atom. The van der Waals surface area contributed by atoms with E-state index in [9.17, 15) is 9.90 Å². The number of hydrogen-bond acceptors (Lipinski definition) is 4. The SMILES string of the molecule is CC1=CCC[C@@H]2[C@@](C)(CCC3=CC[C@H](C4=CC(=O)O[C@H]4O)OC3)[C@@H](C)CC[C@@]12C. The van der Waals surface area contributed by atoms with E-state index in [0.717, 1.165) is 18.3 Å². The van der Waals surface area contributed by atoms with E-state index in [-0.39, 0.29) is 6.10 Å². The summed E-state index contributed by atoms with van der Waals surface area (Å²) < 4.78 is 10.8. The van der Waals surface area contributed by atoms with Crippen molar-refractivity contribution in [1.29, 1.82) is 0 Å². The molecule has 0 bridgehead atoms. The van der Waals surface area contributed by atoms with Crippen LogP contribution in [-0.4, -0.2) is 30.1 Å². The number of ether oxygens (including phenoxy) is 2. The topological polar surface area (TPSA) is 55.8 Å². The fourth-order valence-corrected chi connectivity index (χ4v) is 6.45. The minimum absolute atomic E-state index is 0.251. The molecular formula is C25H36O4. The van der Waals surface area contributed by atoms with Crippen LogP contribution in [0.25, 0.3) is 0 Å². The second-order valence-electron chi connectivity index (χ2n) is 10.2. The highest BCUT2D eigenvalue weighted by molar-refractivity contribution is 5.85. The van der Waals surface area contributed by atoms with Crippen LogP contribution in [0, 0.1) is 22.7 Å². The van der Waals surface area contributed by atoms with Crippen LogP contribution < -0.4 is 0 Å². The highest BCUT2D eigenvalue weighted by Gasteiger charge is 2.52. The molecule has 0 saturated heterocycles. The maximum Gasteiger partial charge on any atom is 0.333 e. The zero-order chi connectivity index (χ0) is 20.8. The predicted octanol–water partition coefficient (Wildman–Crippen LogP) is 5.08. The average Bonchev–Trinajstić information content (AvgIpc) is 3.04. The van der Waals surface area contributed by atoms with Gasteiger partial charge >= 0.3 is 5.97 Å². The van der Waals surface area contributed by atoms with Gasteiger partial charge in [0.25, 0.3) is 0 Å². The smallest absolute Gasteiger partial charge is 0.333 e. The van der Waals surface area contributed by atoms with Gasteiger partial charge in [-0.3, -0.25) is 0 Å². The van der Waals surface area contributed by atoms with Crippen LogP contribution in [-0.2, 0) is 14.3 Å². The molecule has 4 nitrogen and oxygen atoms in total. The average molecular weight is 401 g/mol. The number of aliphatic hydroxyl groups is 1. The summed E-state index contributed by atoms with van der Waals surface area (Å²) in [6, 6.07) is 0. The molecule has 0 amide bonds. The Labute approximate surface area is 175 Å². The third-order valence-corrected chi connectivity index (χ3v) is 8.84. The quantitative estimate of drug-likeness (QED) is 0.528. The molecule has 0 unspecified atom stereocenters. The second-order valence-corrected chi connectivity index (χ2v) is 10.2. The molecule has 6 atom stereocenters. The Bertz CT molecular complexity index is 763. The summed E-state index contributed by atoms with van der Waals surface area (Å²) in [4.78, 5) is 11.3. The summed E-state index contributed by atoms with van der Waals surface area (Å²) in [7, 11) is 0. The molecule has 4 rings (SSSR count). The summed E-state index contributed by atoms with van der Waals surface area (Å²) in [6.45, 7) is 10.4. The lowest BCUT2D eigenvalue weighted by Crippen LogP contribution is -2.49. The van der Waals surface area contributed by atoms with E-state index in [0.29, 0.717) is 29.4 Å². The van der Waals surface area contributed by atoms with Gasteiger partial charge in [-0.25, -0.2) is 4.79 Å². The molecule has 0 spiro atoms. The van der Waals surface area contributed by atoms with Crippen molar-refractivity contribution < 1.29 is 19.4 Å². The van der Waals surface area contributed by atoms with Gasteiger partial charge in [-0.05, 0) is 80.1 Å². The fourth-order valence-electron chi connectivity index (χ4n) is 6.45. The first-order chi connectivity index (χ1) is 13.7. The molecule has 0 aromatic rings. The first-order valence-electron chi connectivity index (χ1n) is 11.3. The third kappa shape index (κ3) is 3.63. The van der Waals surface area contributed by atoms with E-state index in [2.05, 4.69) is 39.8 Å². The van der Waals surface area contributed by atoms with Gasteiger partial charge in [-0.1, -0.05) is 38.5 Å². The summed E-state index contributed by atoms with van der Waals surface area (Å²) in [5.41, 5.74) is 4.23. The Morgan fingerprint density at radius 2 is 2.03 bits per heavy atom. The van der Waals surface area contributed by atoms with E-state index in [1.54, 1.807) is 5.57 Å². The number of rotatable bonds is 4. The van der Waals surface area contributed by atoms with Crippen LogP contribution in [0.1, 0.15) is 72.6 Å². The molecule has 2 aliphatic heterocycles. The van der Waals surface area contributed by atoms with Gasteiger partial charge in [0.2, 0.25) is 6.29 Å². The van der Waals surface area contributed by atoms with Gasteiger partial charge in [0.15, 0.2) is 0 Å². The van der Waals surface area contributed by atoms with Gasteiger partial charge in [0, 0.05) is 11.6 Å². The maximum atomic E-state index is 11.3. The summed E-state index contributed by atoms with van der Waals surface area (Å²) in [5.74, 6) is 1.01. The van der Waals surface area contributed by atoms with Gasteiger partial charge in [0.05, 0.1) is 12.7 Å². The predicted molar refractivity (Wildman–Crippen MR) is 113 cm³/mol. The summed E-state index contributed by atoms with van der Waals surface area (Å²) in [5, 5.41) is 9.85. The number of cyclic esters (lactones) is 1. The van der Waals surface area contributed by atoms with Crippen LogP contribution in [0.3, 0.4) is 0 Å². The molecule has 4 heteroatoms. The molecule has 160 valence electrons. The number of aliphatic hydroxyl groups excluding tert-OH is 1. The zero-order valence-corrected chi connectivity index (χ0v) is 18.4. The molecule has 1 N–H and O–H groups in total. The minimum Gasteiger partial charge on any atom is -0.429 e. The number of carbonyl (C=O) groups is 1. The highest BCUT2D eigenvalue weighted by Crippen LogP contribution is 2.61. The monoisotopic (exact) mass is 400 g/mol. The van der Waals surface area contributed by atoms with Crippen LogP contribution in [0.15, 0.2) is 34.9 Å². The molecule has 29 heavy (non-hydrogen) atoms. The Morgan fingerprint density at radius 3 is 2.69 bits per heavy atom. The maximum absolute atomic E-state index is 11.3. The lowest BCUT2D eigenvalue weighted by Gasteiger charge is -2.58. The molecular weight excluding hydrogens is 364 g/mol. The van der Waals surface area contributed by atoms with Crippen LogP contribution >= 0.6 is 0 Å². The Kier molecular flexibility index (Phi) is 5.54. The van der Waals surface area contributed by atoms with Crippen molar-refractivity contribution in [2.75, 3.05) is 6.61 Å².